The highest BCUT2D eigenvalue weighted by Gasteiger charge is 2.40. The molecule has 1 fully saturated rings. The van der Waals surface area contributed by atoms with E-state index in [0.29, 0.717) is 16.5 Å². The molecule has 0 aromatic heterocycles. The smallest absolute Gasteiger partial charge is 0.247 e. The van der Waals surface area contributed by atoms with E-state index in [1.54, 1.807) is 24.3 Å². The molecule has 0 bridgehead atoms. The first kappa shape index (κ1) is 23.1. The van der Waals surface area contributed by atoms with Crippen LogP contribution in [0.25, 0.3) is 0 Å². The summed E-state index contributed by atoms with van der Waals surface area (Å²) >= 11 is 1.15. The number of hydrogen-bond donors (Lipinski definition) is 3. The first-order valence-corrected chi connectivity index (χ1v) is 11.3. The molecule has 3 N–H and O–H groups in total. The molecule has 9 heteroatoms. The second kappa shape index (κ2) is 10.2. The van der Waals surface area contributed by atoms with Gasteiger partial charge in [-0.2, -0.15) is 5.10 Å². The van der Waals surface area contributed by atoms with Crippen LogP contribution in [0.5, 0.6) is 11.5 Å². The number of nitrogens with one attached hydrogen (secondary N) is 1. The van der Waals surface area contributed by atoms with Gasteiger partial charge in [0.05, 0.1) is 11.9 Å². The lowest BCUT2D eigenvalue weighted by Crippen LogP contribution is -2.33. The number of amides is 2. The van der Waals surface area contributed by atoms with Gasteiger partial charge in [-0.25, -0.2) is 0 Å². The van der Waals surface area contributed by atoms with Crippen molar-refractivity contribution in [2.24, 2.45) is 10.2 Å². The lowest BCUT2D eigenvalue weighted by atomic mass is 10.2. The summed E-state index contributed by atoms with van der Waals surface area (Å²) in [5.41, 5.74) is 2.98. The summed E-state index contributed by atoms with van der Waals surface area (Å²) in [7, 11) is 0. The number of aromatic hydroxyl groups is 2. The fraction of sp³-hybridized carbons (Fsp3) is 0.120. The molecule has 1 heterocycles. The number of carbonyl (C=O) groups excluding carboxylic acids is 2. The number of benzene rings is 3. The van der Waals surface area contributed by atoms with Crippen LogP contribution in [0, 0.1) is 6.92 Å². The van der Waals surface area contributed by atoms with E-state index in [1.807, 2.05) is 31.2 Å². The van der Waals surface area contributed by atoms with Gasteiger partial charge in [-0.15, -0.1) is 5.10 Å². The Labute approximate surface area is 200 Å². The Morgan fingerprint density at radius 1 is 1.00 bits per heavy atom. The number of rotatable bonds is 6. The van der Waals surface area contributed by atoms with Crippen LogP contribution in [0.15, 0.2) is 83.0 Å². The number of phenols is 2. The number of nitrogens with zero attached hydrogens (tertiary/aromatic N) is 3. The van der Waals surface area contributed by atoms with Crippen molar-refractivity contribution < 1.29 is 19.8 Å². The molecule has 3 aromatic carbocycles. The minimum atomic E-state index is -0.679. The van der Waals surface area contributed by atoms with Crippen molar-refractivity contribution in [2.45, 2.75) is 18.6 Å². The first-order valence-electron chi connectivity index (χ1n) is 10.5. The zero-order valence-corrected chi connectivity index (χ0v) is 19.1. The molecule has 1 atom stereocenters. The number of anilines is 2. The zero-order valence-electron chi connectivity index (χ0n) is 18.3. The predicted molar refractivity (Wildman–Crippen MR) is 135 cm³/mol. The van der Waals surface area contributed by atoms with Gasteiger partial charge in [-0.3, -0.25) is 14.5 Å². The van der Waals surface area contributed by atoms with E-state index < -0.39 is 5.25 Å². The summed E-state index contributed by atoms with van der Waals surface area (Å²) in [6.45, 7) is 1.96. The quantitative estimate of drug-likeness (QED) is 0.365. The van der Waals surface area contributed by atoms with E-state index in [4.69, 9.17) is 0 Å². The molecule has 0 saturated carbocycles. The maximum atomic E-state index is 13.2. The SMILES string of the molecule is Cc1ccc(NC(=O)CC2S/C(=N/N=C\c3ccc(O)cc3)N(c3ccc(O)cc3)C2=O)cc1. The number of aryl methyl sites for hydroxylation is 1. The van der Waals surface area contributed by atoms with Gasteiger partial charge in [0.15, 0.2) is 5.17 Å². The Bertz CT molecular complexity index is 1240. The largest absolute Gasteiger partial charge is 0.508 e. The third kappa shape index (κ3) is 5.62. The zero-order chi connectivity index (χ0) is 24.1. The van der Waals surface area contributed by atoms with Crippen molar-refractivity contribution in [1.29, 1.82) is 0 Å². The van der Waals surface area contributed by atoms with Crippen molar-refractivity contribution in [2.75, 3.05) is 10.2 Å². The highest BCUT2D eigenvalue weighted by atomic mass is 32.2. The van der Waals surface area contributed by atoms with Gasteiger partial charge in [0.2, 0.25) is 11.8 Å². The molecule has 0 spiro atoms. The lowest BCUT2D eigenvalue weighted by Gasteiger charge is -2.16. The Hall–Kier alpha value is -4.11. The van der Waals surface area contributed by atoms with Crippen molar-refractivity contribution >= 4 is 46.3 Å². The average Bonchev–Trinajstić information content (AvgIpc) is 3.12. The maximum absolute atomic E-state index is 13.2. The van der Waals surface area contributed by atoms with Gasteiger partial charge in [0, 0.05) is 12.1 Å². The molecule has 1 saturated heterocycles. The molecule has 0 radical (unpaired) electrons. The summed E-state index contributed by atoms with van der Waals surface area (Å²) in [5.74, 6) is -0.367. The molecule has 34 heavy (non-hydrogen) atoms. The van der Waals surface area contributed by atoms with Crippen LogP contribution in [-0.4, -0.2) is 38.7 Å². The molecule has 8 nitrogen and oxygen atoms in total. The van der Waals surface area contributed by atoms with Crippen LogP contribution in [0.1, 0.15) is 17.5 Å². The van der Waals surface area contributed by atoms with Gasteiger partial charge >= 0.3 is 0 Å². The Morgan fingerprint density at radius 2 is 1.62 bits per heavy atom. The van der Waals surface area contributed by atoms with Gasteiger partial charge < -0.3 is 15.5 Å². The first-order chi connectivity index (χ1) is 16.4. The lowest BCUT2D eigenvalue weighted by molar-refractivity contribution is -0.121. The summed E-state index contributed by atoms with van der Waals surface area (Å²) in [5, 5.41) is 29.8. The van der Waals surface area contributed by atoms with E-state index in [0.717, 1.165) is 22.9 Å². The molecule has 1 aliphatic rings. The number of amidine groups is 1. The minimum Gasteiger partial charge on any atom is -0.508 e. The average molecular weight is 475 g/mol. The molecule has 2 amide bonds. The van der Waals surface area contributed by atoms with Gasteiger partial charge in [0.1, 0.15) is 16.7 Å². The summed E-state index contributed by atoms with van der Waals surface area (Å²) in [6.07, 6.45) is 1.47. The second-order valence-corrected chi connectivity index (χ2v) is 8.80. The third-order valence-corrected chi connectivity index (χ3v) is 6.12. The second-order valence-electron chi connectivity index (χ2n) is 7.63. The van der Waals surface area contributed by atoms with E-state index >= 15 is 0 Å². The van der Waals surface area contributed by atoms with Gasteiger partial charge in [0.25, 0.3) is 0 Å². The maximum Gasteiger partial charge on any atom is 0.247 e. The normalized spacial score (nSPS) is 17.0. The summed E-state index contributed by atoms with van der Waals surface area (Å²) in [6, 6.07) is 20.0. The molecular weight excluding hydrogens is 452 g/mol. The number of phenolic OH excluding ortho intramolecular Hbond substituents is 2. The Kier molecular flexibility index (Phi) is 6.93. The molecule has 4 rings (SSSR count). The van der Waals surface area contributed by atoms with Crippen molar-refractivity contribution in [3.63, 3.8) is 0 Å². The van der Waals surface area contributed by atoms with Crippen molar-refractivity contribution in [3.05, 3.63) is 83.9 Å². The highest BCUT2D eigenvalue weighted by Crippen LogP contribution is 2.34. The van der Waals surface area contributed by atoms with Crippen LogP contribution in [0.4, 0.5) is 11.4 Å². The Morgan fingerprint density at radius 3 is 2.26 bits per heavy atom. The highest BCUT2D eigenvalue weighted by molar-refractivity contribution is 8.16. The van der Waals surface area contributed by atoms with Crippen LogP contribution >= 0.6 is 11.8 Å². The molecule has 172 valence electrons. The van der Waals surface area contributed by atoms with Crippen LogP contribution in [0.2, 0.25) is 0 Å². The fourth-order valence-corrected chi connectivity index (χ4v) is 4.32. The molecule has 0 aliphatic carbocycles. The van der Waals surface area contributed by atoms with E-state index in [-0.39, 0.29) is 29.7 Å². The van der Waals surface area contributed by atoms with Crippen LogP contribution in [0.3, 0.4) is 0 Å². The molecular formula is C25H22N4O4S. The van der Waals surface area contributed by atoms with E-state index in [9.17, 15) is 19.8 Å². The topological polar surface area (TPSA) is 115 Å². The molecule has 3 aromatic rings. The van der Waals surface area contributed by atoms with E-state index in [1.165, 1.54) is 35.4 Å². The molecule has 1 unspecified atom stereocenters. The number of thioether (sulfide) groups is 1. The van der Waals surface area contributed by atoms with Gasteiger partial charge in [-0.1, -0.05) is 29.5 Å². The monoisotopic (exact) mass is 474 g/mol. The van der Waals surface area contributed by atoms with Crippen LogP contribution < -0.4 is 10.2 Å². The predicted octanol–water partition coefficient (Wildman–Crippen LogP) is 4.27. The van der Waals surface area contributed by atoms with Gasteiger partial charge in [-0.05, 0) is 73.2 Å². The third-order valence-electron chi connectivity index (χ3n) is 4.99. The van der Waals surface area contributed by atoms with Crippen molar-refractivity contribution in [1.82, 2.24) is 0 Å². The summed E-state index contributed by atoms with van der Waals surface area (Å²) < 4.78 is 0. The fourth-order valence-electron chi connectivity index (χ4n) is 3.23. The minimum absolute atomic E-state index is 0.0351. The van der Waals surface area contributed by atoms with E-state index in [2.05, 4.69) is 15.5 Å². The Balaban J connectivity index is 1.53. The number of hydrogen-bond acceptors (Lipinski definition) is 7. The van der Waals surface area contributed by atoms with Crippen LogP contribution in [-0.2, 0) is 9.59 Å². The van der Waals surface area contributed by atoms with Crippen molar-refractivity contribution in [3.8, 4) is 11.5 Å². The summed E-state index contributed by atoms with van der Waals surface area (Å²) in [4.78, 5) is 27.2. The standard InChI is InChI=1S/C25H22N4O4S/c1-16-2-6-18(7-3-16)27-23(32)14-22-24(33)29(19-8-12-21(31)13-9-19)25(34-22)28-26-15-17-4-10-20(30)11-5-17/h2-13,15,22,30-31H,14H2,1H3,(H,27,32)/b26-15-,28-25+. The number of carbonyl (C=O) groups is 2. The molecule has 1 aliphatic heterocycles.